The number of benzene rings is 3. The summed E-state index contributed by atoms with van der Waals surface area (Å²) in [5.74, 6) is 0.482. The summed E-state index contributed by atoms with van der Waals surface area (Å²) >= 11 is 5.26. The quantitative estimate of drug-likeness (QED) is 0.423. The molecule has 162 valence electrons. The molecule has 0 aliphatic heterocycles. The first-order valence-electron chi connectivity index (χ1n) is 9.47. The average molecular weight is 451 g/mol. The number of carbonyl (C=O) groups is 1. The Kier molecular flexibility index (Phi) is 6.00. The number of aromatic nitrogens is 1. The van der Waals surface area contributed by atoms with Gasteiger partial charge in [0.15, 0.2) is 22.2 Å². The third kappa shape index (κ3) is 4.52. The minimum atomic E-state index is -0.403. The number of halogens is 1. The molecule has 0 saturated carbocycles. The third-order valence-electron chi connectivity index (χ3n) is 4.59. The van der Waals surface area contributed by atoms with Crippen LogP contribution in [-0.2, 0) is 0 Å². The number of nitrogens with zero attached hydrogens (tertiary/aromatic N) is 1. The summed E-state index contributed by atoms with van der Waals surface area (Å²) in [6.45, 7) is 0. The number of rotatable bonds is 5. The standard InChI is InChI=1S/C23H18FN3O4S/c1-29-19-8-6-13(11-20(19)30-2)21(28)27-23(32)25-16-7-9-18-17(12-16)26-22(31-18)14-4-3-5-15(24)10-14/h3-12H,1-2H3,(H2,25,27,28,32). The number of ether oxygens (including phenoxy) is 2. The zero-order valence-electron chi connectivity index (χ0n) is 17.1. The first kappa shape index (κ1) is 21.3. The lowest BCUT2D eigenvalue weighted by Crippen LogP contribution is -2.34. The van der Waals surface area contributed by atoms with E-state index in [4.69, 9.17) is 26.1 Å². The second-order valence-corrected chi connectivity index (χ2v) is 7.10. The Hall–Kier alpha value is -3.98. The van der Waals surface area contributed by atoms with E-state index < -0.39 is 5.91 Å². The van der Waals surface area contributed by atoms with Crippen molar-refractivity contribution in [2.45, 2.75) is 0 Å². The summed E-state index contributed by atoms with van der Waals surface area (Å²) in [6.07, 6.45) is 0. The lowest BCUT2D eigenvalue weighted by molar-refractivity contribution is 0.0977. The van der Waals surface area contributed by atoms with Crippen LogP contribution in [0.4, 0.5) is 10.1 Å². The summed E-state index contributed by atoms with van der Waals surface area (Å²) in [6, 6.07) is 16.0. The van der Waals surface area contributed by atoms with Gasteiger partial charge in [-0.25, -0.2) is 9.37 Å². The van der Waals surface area contributed by atoms with Crippen molar-refractivity contribution >= 4 is 40.0 Å². The molecular weight excluding hydrogens is 433 g/mol. The lowest BCUT2D eigenvalue weighted by Gasteiger charge is -2.11. The van der Waals surface area contributed by atoms with Crippen LogP contribution in [0.25, 0.3) is 22.6 Å². The van der Waals surface area contributed by atoms with E-state index in [2.05, 4.69) is 15.6 Å². The molecule has 0 fully saturated rings. The number of anilines is 1. The smallest absolute Gasteiger partial charge is 0.257 e. The van der Waals surface area contributed by atoms with Crippen LogP contribution in [0.2, 0.25) is 0 Å². The predicted molar refractivity (Wildman–Crippen MR) is 123 cm³/mol. The zero-order chi connectivity index (χ0) is 22.7. The molecule has 0 radical (unpaired) electrons. The molecule has 4 aromatic rings. The van der Waals surface area contributed by atoms with E-state index in [0.717, 1.165) is 0 Å². The maximum Gasteiger partial charge on any atom is 0.257 e. The molecule has 3 aromatic carbocycles. The minimum Gasteiger partial charge on any atom is -0.493 e. The number of carbonyl (C=O) groups excluding carboxylic acids is 1. The molecule has 7 nitrogen and oxygen atoms in total. The number of oxazole rings is 1. The molecule has 0 bridgehead atoms. The molecule has 1 amide bonds. The van der Waals surface area contributed by atoms with Gasteiger partial charge >= 0.3 is 0 Å². The Morgan fingerprint density at radius 2 is 1.84 bits per heavy atom. The van der Waals surface area contributed by atoms with Crippen molar-refractivity contribution in [3.63, 3.8) is 0 Å². The highest BCUT2D eigenvalue weighted by atomic mass is 32.1. The molecule has 0 aliphatic carbocycles. The largest absolute Gasteiger partial charge is 0.493 e. The van der Waals surface area contributed by atoms with Crippen molar-refractivity contribution in [2.75, 3.05) is 19.5 Å². The fourth-order valence-electron chi connectivity index (χ4n) is 3.07. The SMILES string of the molecule is COc1ccc(C(=O)NC(=S)Nc2ccc3oc(-c4cccc(F)c4)nc3c2)cc1OC. The van der Waals surface area contributed by atoms with Crippen LogP contribution >= 0.6 is 12.2 Å². The number of methoxy groups -OCH3 is 2. The van der Waals surface area contributed by atoms with Crippen LogP contribution in [0.5, 0.6) is 11.5 Å². The predicted octanol–water partition coefficient (Wildman–Crippen LogP) is 4.78. The van der Waals surface area contributed by atoms with Gasteiger partial charge in [-0.1, -0.05) is 6.07 Å². The lowest BCUT2D eigenvalue weighted by atomic mass is 10.2. The molecule has 0 atom stereocenters. The Balaban J connectivity index is 1.47. The first-order valence-corrected chi connectivity index (χ1v) is 9.88. The zero-order valence-corrected chi connectivity index (χ0v) is 18.0. The van der Waals surface area contributed by atoms with E-state index in [1.165, 1.54) is 26.4 Å². The van der Waals surface area contributed by atoms with Crippen LogP contribution < -0.4 is 20.1 Å². The van der Waals surface area contributed by atoms with Crippen molar-refractivity contribution < 1.29 is 23.1 Å². The number of thiocarbonyl (C=S) groups is 1. The Morgan fingerprint density at radius 3 is 2.59 bits per heavy atom. The van der Waals surface area contributed by atoms with Gasteiger partial charge in [0.2, 0.25) is 5.89 Å². The molecule has 0 spiro atoms. The fourth-order valence-corrected chi connectivity index (χ4v) is 3.28. The van der Waals surface area contributed by atoms with Gasteiger partial charge in [-0.2, -0.15) is 0 Å². The first-order chi connectivity index (χ1) is 15.5. The Bertz CT molecular complexity index is 1320. The minimum absolute atomic E-state index is 0.109. The monoisotopic (exact) mass is 451 g/mol. The summed E-state index contributed by atoms with van der Waals surface area (Å²) in [5.41, 5.74) is 2.60. The molecule has 9 heteroatoms. The van der Waals surface area contributed by atoms with Crippen molar-refractivity contribution in [2.24, 2.45) is 0 Å². The van der Waals surface area contributed by atoms with E-state index in [0.29, 0.717) is 45.3 Å². The number of amides is 1. The Labute approximate surface area is 188 Å². The second-order valence-electron chi connectivity index (χ2n) is 6.69. The number of nitrogens with one attached hydrogen (secondary N) is 2. The van der Waals surface area contributed by atoms with Crippen LogP contribution in [-0.4, -0.2) is 30.2 Å². The highest BCUT2D eigenvalue weighted by molar-refractivity contribution is 7.80. The second kappa shape index (κ2) is 9.03. The van der Waals surface area contributed by atoms with Gasteiger partial charge in [-0.05, 0) is 66.8 Å². The van der Waals surface area contributed by atoms with E-state index in [1.807, 2.05) is 0 Å². The molecule has 0 unspecified atom stereocenters. The normalized spacial score (nSPS) is 10.6. The van der Waals surface area contributed by atoms with Crippen LogP contribution in [0.1, 0.15) is 10.4 Å². The van der Waals surface area contributed by atoms with Crippen molar-refractivity contribution in [3.8, 4) is 23.0 Å². The van der Waals surface area contributed by atoms with Gasteiger partial charge in [-0.3, -0.25) is 10.1 Å². The van der Waals surface area contributed by atoms with E-state index in [9.17, 15) is 9.18 Å². The fraction of sp³-hybridized carbons (Fsp3) is 0.0870. The molecule has 32 heavy (non-hydrogen) atoms. The molecule has 2 N–H and O–H groups in total. The van der Waals surface area contributed by atoms with Gasteiger partial charge in [0.05, 0.1) is 14.2 Å². The van der Waals surface area contributed by atoms with E-state index >= 15 is 0 Å². The highest BCUT2D eigenvalue weighted by Crippen LogP contribution is 2.28. The van der Waals surface area contributed by atoms with E-state index in [-0.39, 0.29) is 10.9 Å². The van der Waals surface area contributed by atoms with Gasteiger partial charge in [0.25, 0.3) is 5.91 Å². The number of fused-ring (bicyclic) bond motifs is 1. The van der Waals surface area contributed by atoms with Crippen molar-refractivity contribution in [1.29, 1.82) is 0 Å². The summed E-state index contributed by atoms with van der Waals surface area (Å²) in [5, 5.41) is 5.67. The van der Waals surface area contributed by atoms with Crippen molar-refractivity contribution in [3.05, 3.63) is 72.0 Å². The van der Waals surface area contributed by atoms with Gasteiger partial charge in [0.1, 0.15) is 11.3 Å². The highest BCUT2D eigenvalue weighted by Gasteiger charge is 2.13. The molecule has 0 saturated heterocycles. The number of hydrogen-bond acceptors (Lipinski definition) is 6. The topological polar surface area (TPSA) is 85.6 Å². The third-order valence-corrected chi connectivity index (χ3v) is 4.79. The molecular formula is C23H18FN3O4S. The average Bonchev–Trinajstić information content (AvgIpc) is 3.22. The summed E-state index contributed by atoms with van der Waals surface area (Å²) in [7, 11) is 3.01. The molecule has 4 rings (SSSR count). The van der Waals surface area contributed by atoms with Crippen LogP contribution in [0.3, 0.4) is 0 Å². The maximum absolute atomic E-state index is 13.5. The van der Waals surface area contributed by atoms with Crippen LogP contribution in [0.15, 0.2) is 65.1 Å². The molecule has 1 aromatic heterocycles. The summed E-state index contributed by atoms with van der Waals surface area (Å²) in [4.78, 5) is 16.9. The van der Waals surface area contributed by atoms with Crippen LogP contribution in [0, 0.1) is 5.82 Å². The maximum atomic E-state index is 13.5. The van der Waals surface area contributed by atoms with Gasteiger partial charge < -0.3 is 19.2 Å². The molecule has 1 heterocycles. The summed E-state index contributed by atoms with van der Waals surface area (Å²) < 4.78 is 29.6. The van der Waals surface area contributed by atoms with Gasteiger partial charge in [-0.15, -0.1) is 0 Å². The van der Waals surface area contributed by atoms with Gasteiger partial charge in [0, 0.05) is 16.8 Å². The number of hydrogen-bond donors (Lipinski definition) is 2. The van der Waals surface area contributed by atoms with Crippen molar-refractivity contribution in [1.82, 2.24) is 10.3 Å². The van der Waals surface area contributed by atoms with E-state index in [1.54, 1.807) is 48.5 Å². The molecule has 0 aliphatic rings. The Morgan fingerprint density at radius 1 is 1.03 bits per heavy atom.